The van der Waals surface area contributed by atoms with Gasteiger partial charge >= 0.3 is 11.9 Å². The molecule has 0 spiro atoms. The summed E-state index contributed by atoms with van der Waals surface area (Å²) in [5.41, 5.74) is 0.580. The molecule has 0 fully saturated rings. The summed E-state index contributed by atoms with van der Waals surface area (Å²) in [5.74, 6) is -0.686. The molecule has 0 aliphatic heterocycles. The third-order valence-corrected chi connectivity index (χ3v) is 2.30. The first-order valence-corrected chi connectivity index (χ1v) is 5.89. The molecule has 17 heavy (non-hydrogen) atoms. The highest BCUT2D eigenvalue weighted by atomic mass is 16.6. The standard InChI is InChI=1S/C13H22O4/c1-6-10(4)13(15)16-8-7-11(5)17-12(14)9(2)3/h6,9,11H,7-8H2,1-5H3/b10-6-/t11-/m0/s1. The molecule has 0 rings (SSSR count). The van der Waals surface area contributed by atoms with Gasteiger partial charge in [0.25, 0.3) is 0 Å². The highest BCUT2D eigenvalue weighted by molar-refractivity contribution is 5.87. The molecule has 0 N–H and O–H groups in total. The molecule has 0 aromatic carbocycles. The molecule has 0 aromatic heterocycles. The van der Waals surface area contributed by atoms with Crippen LogP contribution in [-0.4, -0.2) is 24.6 Å². The Balaban J connectivity index is 3.83. The molecule has 0 aliphatic carbocycles. The van der Waals surface area contributed by atoms with Crippen LogP contribution in [0.1, 0.15) is 41.0 Å². The van der Waals surface area contributed by atoms with E-state index in [1.165, 1.54) is 0 Å². The summed E-state index contributed by atoms with van der Waals surface area (Å²) in [6, 6.07) is 0. The second-order valence-corrected chi connectivity index (χ2v) is 4.30. The van der Waals surface area contributed by atoms with E-state index in [-0.39, 0.29) is 30.6 Å². The Hall–Kier alpha value is -1.32. The van der Waals surface area contributed by atoms with Crippen LogP contribution in [0.25, 0.3) is 0 Å². The van der Waals surface area contributed by atoms with E-state index >= 15 is 0 Å². The summed E-state index contributed by atoms with van der Waals surface area (Å²) >= 11 is 0. The fraction of sp³-hybridized carbons (Fsp3) is 0.692. The van der Waals surface area contributed by atoms with Crippen molar-refractivity contribution >= 4 is 11.9 Å². The second-order valence-electron chi connectivity index (χ2n) is 4.30. The van der Waals surface area contributed by atoms with Gasteiger partial charge in [0.1, 0.15) is 6.10 Å². The largest absolute Gasteiger partial charge is 0.462 e. The van der Waals surface area contributed by atoms with Crippen LogP contribution in [-0.2, 0) is 19.1 Å². The predicted molar refractivity (Wildman–Crippen MR) is 65.4 cm³/mol. The lowest BCUT2D eigenvalue weighted by Gasteiger charge is -2.14. The fourth-order valence-corrected chi connectivity index (χ4v) is 0.943. The number of hydrogen-bond acceptors (Lipinski definition) is 4. The molecule has 0 aromatic rings. The molecule has 0 saturated carbocycles. The van der Waals surface area contributed by atoms with Crippen LogP contribution < -0.4 is 0 Å². The maximum Gasteiger partial charge on any atom is 0.333 e. The average Bonchev–Trinajstić information content (AvgIpc) is 2.27. The number of carbonyl (C=O) groups excluding carboxylic acids is 2. The lowest BCUT2D eigenvalue weighted by molar-refractivity contribution is -0.153. The molecular formula is C13H22O4. The molecule has 98 valence electrons. The Labute approximate surface area is 103 Å². The van der Waals surface area contributed by atoms with Crippen molar-refractivity contribution in [2.75, 3.05) is 6.61 Å². The lowest BCUT2D eigenvalue weighted by Crippen LogP contribution is -2.21. The minimum Gasteiger partial charge on any atom is -0.462 e. The minimum atomic E-state index is -0.324. The normalized spacial score (nSPS) is 13.4. The molecule has 0 amide bonds. The maximum atomic E-state index is 11.3. The van der Waals surface area contributed by atoms with Gasteiger partial charge in [-0.25, -0.2) is 4.79 Å². The molecule has 0 radical (unpaired) electrons. The van der Waals surface area contributed by atoms with Crippen molar-refractivity contribution in [3.05, 3.63) is 11.6 Å². The topological polar surface area (TPSA) is 52.6 Å². The quantitative estimate of drug-likeness (QED) is 0.530. The van der Waals surface area contributed by atoms with Crippen molar-refractivity contribution in [2.24, 2.45) is 5.92 Å². The smallest absolute Gasteiger partial charge is 0.333 e. The minimum absolute atomic E-state index is 0.134. The molecule has 0 unspecified atom stereocenters. The van der Waals surface area contributed by atoms with Crippen LogP contribution in [0.2, 0.25) is 0 Å². The summed E-state index contributed by atoms with van der Waals surface area (Å²) in [6.07, 6.45) is 1.98. The van der Waals surface area contributed by atoms with Gasteiger partial charge in [-0.3, -0.25) is 4.79 Å². The molecule has 0 saturated heterocycles. The predicted octanol–water partition coefficient (Wildman–Crippen LogP) is 2.47. The summed E-state index contributed by atoms with van der Waals surface area (Å²) in [7, 11) is 0. The molecule has 4 heteroatoms. The van der Waals surface area contributed by atoms with Crippen LogP contribution in [0.4, 0.5) is 0 Å². The van der Waals surface area contributed by atoms with Gasteiger partial charge in [0.15, 0.2) is 0 Å². The Bertz CT molecular complexity index is 292. The number of hydrogen-bond donors (Lipinski definition) is 0. The van der Waals surface area contributed by atoms with E-state index in [0.29, 0.717) is 12.0 Å². The van der Waals surface area contributed by atoms with Gasteiger partial charge in [-0.1, -0.05) is 19.9 Å². The SMILES string of the molecule is C/C=C(/C)C(=O)OCC[C@H](C)OC(=O)C(C)C. The van der Waals surface area contributed by atoms with Crippen molar-refractivity contribution in [3.8, 4) is 0 Å². The maximum absolute atomic E-state index is 11.3. The molecule has 0 heterocycles. The van der Waals surface area contributed by atoms with E-state index in [2.05, 4.69) is 0 Å². The summed E-state index contributed by atoms with van der Waals surface area (Å²) in [6.45, 7) is 9.09. The van der Waals surface area contributed by atoms with Crippen LogP contribution in [0, 0.1) is 5.92 Å². The molecule has 1 atom stereocenters. The first kappa shape index (κ1) is 15.7. The Morgan fingerprint density at radius 1 is 1.24 bits per heavy atom. The first-order valence-electron chi connectivity index (χ1n) is 5.89. The summed E-state index contributed by atoms with van der Waals surface area (Å²) in [5, 5.41) is 0. The number of rotatable bonds is 6. The number of allylic oxidation sites excluding steroid dienone is 1. The zero-order chi connectivity index (χ0) is 13.4. The van der Waals surface area contributed by atoms with E-state index in [1.807, 2.05) is 0 Å². The Morgan fingerprint density at radius 2 is 1.82 bits per heavy atom. The first-order chi connectivity index (χ1) is 7.88. The third kappa shape index (κ3) is 6.76. The molecule has 0 aliphatic rings. The Morgan fingerprint density at radius 3 is 2.29 bits per heavy atom. The van der Waals surface area contributed by atoms with Crippen molar-refractivity contribution in [2.45, 2.75) is 47.1 Å². The second kappa shape index (κ2) is 7.87. The van der Waals surface area contributed by atoms with Crippen LogP contribution in [0.15, 0.2) is 11.6 Å². The molecular weight excluding hydrogens is 220 g/mol. The van der Waals surface area contributed by atoms with Gasteiger partial charge in [-0.2, -0.15) is 0 Å². The summed E-state index contributed by atoms with van der Waals surface area (Å²) in [4.78, 5) is 22.6. The van der Waals surface area contributed by atoms with Gasteiger partial charge in [0.2, 0.25) is 0 Å². The van der Waals surface area contributed by atoms with Crippen molar-refractivity contribution in [3.63, 3.8) is 0 Å². The number of esters is 2. The van der Waals surface area contributed by atoms with Gasteiger partial charge in [0, 0.05) is 12.0 Å². The Kier molecular flexibility index (Phi) is 7.26. The lowest BCUT2D eigenvalue weighted by atomic mass is 10.2. The third-order valence-electron chi connectivity index (χ3n) is 2.30. The van der Waals surface area contributed by atoms with E-state index in [1.54, 1.807) is 40.7 Å². The fourth-order valence-electron chi connectivity index (χ4n) is 0.943. The van der Waals surface area contributed by atoms with Gasteiger partial charge in [-0.15, -0.1) is 0 Å². The van der Waals surface area contributed by atoms with E-state index in [0.717, 1.165) is 0 Å². The van der Waals surface area contributed by atoms with Gasteiger partial charge in [0.05, 0.1) is 12.5 Å². The van der Waals surface area contributed by atoms with E-state index in [4.69, 9.17) is 9.47 Å². The monoisotopic (exact) mass is 242 g/mol. The van der Waals surface area contributed by atoms with Crippen LogP contribution >= 0.6 is 0 Å². The molecule has 0 bridgehead atoms. The van der Waals surface area contributed by atoms with E-state index in [9.17, 15) is 9.59 Å². The zero-order valence-corrected chi connectivity index (χ0v) is 11.3. The van der Waals surface area contributed by atoms with E-state index < -0.39 is 0 Å². The van der Waals surface area contributed by atoms with Crippen molar-refractivity contribution in [1.82, 2.24) is 0 Å². The van der Waals surface area contributed by atoms with Crippen LogP contribution in [0.3, 0.4) is 0 Å². The number of ether oxygens (including phenoxy) is 2. The van der Waals surface area contributed by atoms with Crippen LogP contribution in [0.5, 0.6) is 0 Å². The summed E-state index contributed by atoms with van der Waals surface area (Å²) < 4.78 is 10.1. The number of carbonyl (C=O) groups is 2. The van der Waals surface area contributed by atoms with Gasteiger partial charge < -0.3 is 9.47 Å². The zero-order valence-electron chi connectivity index (χ0n) is 11.3. The highest BCUT2D eigenvalue weighted by Crippen LogP contribution is 2.05. The highest BCUT2D eigenvalue weighted by Gasteiger charge is 2.13. The molecule has 4 nitrogen and oxygen atoms in total. The average molecular weight is 242 g/mol. The van der Waals surface area contributed by atoms with Crippen molar-refractivity contribution < 1.29 is 19.1 Å². The van der Waals surface area contributed by atoms with Crippen molar-refractivity contribution in [1.29, 1.82) is 0 Å². The van der Waals surface area contributed by atoms with Gasteiger partial charge in [-0.05, 0) is 20.8 Å².